The number of aromatic nitrogens is 2. The summed E-state index contributed by atoms with van der Waals surface area (Å²) in [5, 5.41) is 4.41. The van der Waals surface area contributed by atoms with Gasteiger partial charge in [0.2, 0.25) is 5.89 Å². The number of esters is 1. The third-order valence-corrected chi connectivity index (χ3v) is 5.94. The largest absolute Gasteiger partial charge is 0.468 e. The lowest BCUT2D eigenvalue weighted by molar-refractivity contribution is -0.921. The van der Waals surface area contributed by atoms with Crippen molar-refractivity contribution in [2.45, 2.75) is 25.8 Å². The highest BCUT2D eigenvalue weighted by Crippen LogP contribution is 2.21. The number of methoxy groups -OCH3 is 1. The van der Waals surface area contributed by atoms with Crippen LogP contribution >= 0.6 is 24.0 Å². The molecule has 1 aliphatic rings. The second-order valence-corrected chi connectivity index (χ2v) is 7.88. The molecule has 0 radical (unpaired) electrons. The zero-order valence-corrected chi connectivity index (χ0v) is 16.2. The summed E-state index contributed by atoms with van der Waals surface area (Å²) in [6.45, 7) is 6.37. The summed E-state index contributed by atoms with van der Waals surface area (Å²) in [7, 11) is 1.43. The monoisotopic (exact) mass is 380 g/mol. The van der Waals surface area contributed by atoms with Gasteiger partial charge in [-0.3, -0.25) is 4.79 Å². The molecule has 2 aromatic rings. The summed E-state index contributed by atoms with van der Waals surface area (Å²) in [6.07, 6.45) is 0. The van der Waals surface area contributed by atoms with Gasteiger partial charge in [0.1, 0.15) is 6.54 Å². The van der Waals surface area contributed by atoms with E-state index in [0.29, 0.717) is 23.9 Å². The van der Waals surface area contributed by atoms with Crippen molar-refractivity contribution >= 4 is 29.9 Å². The van der Waals surface area contributed by atoms with Crippen LogP contribution in [-0.4, -0.2) is 47.0 Å². The van der Waals surface area contributed by atoms with Crippen molar-refractivity contribution in [3.05, 3.63) is 34.2 Å². The first-order chi connectivity index (χ1) is 12.0. The molecule has 0 aliphatic carbocycles. The van der Waals surface area contributed by atoms with E-state index < -0.39 is 0 Å². The van der Waals surface area contributed by atoms with Gasteiger partial charge in [0.25, 0.3) is 4.84 Å². The fourth-order valence-corrected chi connectivity index (χ4v) is 4.27. The highest BCUT2D eigenvalue weighted by molar-refractivity contribution is 8.00. The molecule has 0 spiro atoms. The number of thioether (sulfide) groups is 1. The fourth-order valence-electron chi connectivity index (χ4n) is 2.80. The molecule has 1 aromatic carbocycles. The van der Waals surface area contributed by atoms with Crippen molar-refractivity contribution in [2.24, 2.45) is 0 Å². The Morgan fingerprint density at radius 1 is 1.48 bits per heavy atom. The van der Waals surface area contributed by atoms with Crippen LogP contribution in [0.25, 0.3) is 11.5 Å². The zero-order valence-electron chi connectivity index (χ0n) is 14.6. The number of aryl methyl sites for hydroxylation is 2. The van der Waals surface area contributed by atoms with Crippen molar-refractivity contribution in [3.63, 3.8) is 0 Å². The number of nitrogens with zero attached hydrogens (tertiary/aromatic N) is 2. The topological polar surface area (TPSA) is 61.7 Å². The van der Waals surface area contributed by atoms with E-state index in [9.17, 15) is 4.79 Å². The van der Waals surface area contributed by atoms with E-state index in [0.717, 1.165) is 17.9 Å². The maximum atomic E-state index is 11.8. The van der Waals surface area contributed by atoms with Crippen LogP contribution in [0, 0.1) is 18.7 Å². The minimum Gasteiger partial charge on any atom is -0.468 e. The number of nitrogens with one attached hydrogen (secondary N) is 1. The van der Waals surface area contributed by atoms with E-state index in [2.05, 4.69) is 31.1 Å². The lowest BCUT2D eigenvalue weighted by atomic mass is 10.1. The SMILES string of the molecule is COC(=O)[C@@H]1C[NH+](Cn2nc(-c3ccc(C)c(C)c3)oc2=S)CCS1. The van der Waals surface area contributed by atoms with Crippen molar-refractivity contribution in [1.29, 1.82) is 0 Å². The molecule has 0 bridgehead atoms. The molecule has 1 aromatic heterocycles. The van der Waals surface area contributed by atoms with E-state index in [1.165, 1.54) is 23.1 Å². The van der Waals surface area contributed by atoms with Gasteiger partial charge in [-0.2, -0.15) is 4.68 Å². The Bertz CT molecular complexity index is 831. The van der Waals surface area contributed by atoms with Gasteiger partial charge in [-0.1, -0.05) is 6.07 Å². The fraction of sp³-hybridized carbons (Fsp3) is 0.471. The number of carbonyl (C=O) groups is 1. The van der Waals surface area contributed by atoms with E-state index >= 15 is 0 Å². The highest BCUT2D eigenvalue weighted by Gasteiger charge is 2.30. The molecule has 2 heterocycles. The van der Waals surface area contributed by atoms with Crippen molar-refractivity contribution < 1.29 is 18.8 Å². The molecular formula is C17H22N3O3S2+. The van der Waals surface area contributed by atoms with Gasteiger partial charge in [0.05, 0.1) is 13.7 Å². The maximum absolute atomic E-state index is 11.8. The third-order valence-electron chi connectivity index (χ3n) is 4.45. The number of hydrogen-bond donors (Lipinski definition) is 1. The lowest BCUT2D eigenvalue weighted by Crippen LogP contribution is -3.14. The number of carbonyl (C=O) groups excluding carboxylic acids is 1. The minimum atomic E-state index is -0.165. The van der Waals surface area contributed by atoms with Gasteiger partial charge in [-0.05, 0) is 49.3 Å². The Balaban J connectivity index is 1.75. The Morgan fingerprint density at radius 2 is 2.28 bits per heavy atom. The molecule has 0 amide bonds. The van der Waals surface area contributed by atoms with E-state index in [4.69, 9.17) is 21.4 Å². The van der Waals surface area contributed by atoms with Gasteiger partial charge < -0.3 is 14.1 Å². The van der Waals surface area contributed by atoms with Crippen LogP contribution in [0.2, 0.25) is 0 Å². The summed E-state index contributed by atoms with van der Waals surface area (Å²) < 4.78 is 12.3. The van der Waals surface area contributed by atoms with E-state index in [-0.39, 0.29) is 11.2 Å². The molecule has 1 fully saturated rings. The summed E-state index contributed by atoms with van der Waals surface area (Å²) in [5.41, 5.74) is 3.34. The van der Waals surface area contributed by atoms with E-state index in [1.54, 1.807) is 16.4 Å². The Hall–Kier alpha value is -1.64. The van der Waals surface area contributed by atoms with Gasteiger partial charge in [0.15, 0.2) is 11.9 Å². The molecule has 3 rings (SSSR count). The third kappa shape index (κ3) is 4.13. The second-order valence-electron chi connectivity index (χ2n) is 6.22. The van der Waals surface area contributed by atoms with Crippen LogP contribution in [0.5, 0.6) is 0 Å². The summed E-state index contributed by atoms with van der Waals surface area (Å²) in [4.78, 5) is 13.4. The first-order valence-corrected chi connectivity index (χ1v) is 9.62. The second kappa shape index (κ2) is 7.72. The molecule has 1 aliphatic heterocycles. The summed E-state index contributed by atoms with van der Waals surface area (Å²) >= 11 is 6.97. The average molecular weight is 381 g/mol. The number of quaternary nitrogens is 1. The van der Waals surface area contributed by atoms with E-state index in [1.807, 2.05) is 6.07 Å². The average Bonchev–Trinajstić information content (AvgIpc) is 2.97. The number of ether oxygens (including phenoxy) is 1. The first-order valence-electron chi connectivity index (χ1n) is 8.16. The Kier molecular flexibility index (Phi) is 5.61. The predicted octanol–water partition coefficient (Wildman–Crippen LogP) is 1.62. The molecule has 1 N–H and O–H groups in total. The molecule has 6 nitrogen and oxygen atoms in total. The van der Waals surface area contributed by atoms with Crippen LogP contribution < -0.4 is 4.90 Å². The van der Waals surface area contributed by atoms with Gasteiger partial charge in [0, 0.05) is 11.3 Å². The molecule has 8 heteroatoms. The lowest BCUT2D eigenvalue weighted by Gasteiger charge is -2.27. The maximum Gasteiger partial charge on any atom is 0.324 e. The smallest absolute Gasteiger partial charge is 0.324 e. The summed E-state index contributed by atoms with van der Waals surface area (Å²) in [5.74, 6) is 1.27. The Morgan fingerprint density at radius 3 is 3.00 bits per heavy atom. The van der Waals surface area contributed by atoms with Crippen molar-refractivity contribution in [2.75, 3.05) is 26.0 Å². The predicted molar refractivity (Wildman–Crippen MR) is 99.2 cm³/mol. The van der Waals surface area contributed by atoms with Crippen LogP contribution in [-0.2, 0) is 16.2 Å². The quantitative estimate of drug-likeness (QED) is 0.643. The van der Waals surface area contributed by atoms with Crippen LogP contribution in [0.1, 0.15) is 11.1 Å². The van der Waals surface area contributed by atoms with Crippen LogP contribution in [0.3, 0.4) is 0 Å². The number of hydrogen-bond acceptors (Lipinski definition) is 6. The normalized spacial score (nSPS) is 20.4. The molecule has 1 unspecified atom stereocenters. The van der Waals surface area contributed by atoms with Crippen LogP contribution in [0.15, 0.2) is 22.6 Å². The molecule has 0 saturated carbocycles. The molecule has 25 heavy (non-hydrogen) atoms. The molecular weight excluding hydrogens is 358 g/mol. The van der Waals surface area contributed by atoms with Crippen LogP contribution in [0.4, 0.5) is 0 Å². The van der Waals surface area contributed by atoms with Gasteiger partial charge in [-0.15, -0.1) is 16.9 Å². The van der Waals surface area contributed by atoms with Gasteiger partial charge >= 0.3 is 5.97 Å². The minimum absolute atomic E-state index is 0.131. The first kappa shape index (κ1) is 18.2. The number of benzene rings is 1. The standard InChI is InChI=1S/C17H21N3O3S2/c1-11-4-5-13(8-12(11)2)15-18-20(17(24)23-15)10-19-6-7-25-14(9-19)16(21)22-3/h4-5,8,14H,6-7,9-10H2,1-3H3/p+1/t14-/m0/s1. The van der Waals surface area contributed by atoms with Crippen molar-refractivity contribution in [3.8, 4) is 11.5 Å². The Labute approximate surface area is 156 Å². The zero-order chi connectivity index (χ0) is 18.0. The van der Waals surface area contributed by atoms with Crippen molar-refractivity contribution in [1.82, 2.24) is 9.78 Å². The molecule has 2 atom stereocenters. The summed E-state index contributed by atoms with van der Waals surface area (Å²) in [6, 6.07) is 6.10. The molecule has 134 valence electrons. The molecule has 1 saturated heterocycles. The number of rotatable bonds is 4. The van der Waals surface area contributed by atoms with Gasteiger partial charge in [-0.25, -0.2) is 0 Å². The highest BCUT2D eigenvalue weighted by atomic mass is 32.2.